The number of carbonyl (C=O) groups is 1. The Balaban J connectivity index is 2.19. The van der Waals surface area contributed by atoms with Crippen LogP contribution < -0.4 is 5.32 Å². The third kappa shape index (κ3) is 3.25. The van der Waals surface area contributed by atoms with Crippen LogP contribution in [0.25, 0.3) is 0 Å². The standard InChI is InChI=1S/C14H17BrN4O/c1-4-5-11-16-13(19-18-11)14(20)17-12-8(2)6-10(15)7-9(12)3/h6-7H,4-5H2,1-3H3,(H,17,20)(H,16,18,19). The molecule has 20 heavy (non-hydrogen) atoms. The van der Waals surface area contributed by atoms with Gasteiger partial charge in [0.1, 0.15) is 5.82 Å². The average molecular weight is 337 g/mol. The van der Waals surface area contributed by atoms with E-state index in [1.54, 1.807) is 0 Å². The summed E-state index contributed by atoms with van der Waals surface area (Å²) in [5, 5.41) is 9.61. The number of aryl methyl sites for hydroxylation is 3. The lowest BCUT2D eigenvalue weighted by molar-refractivity contribution is 0.101. The van der Waals surface area contributed by atoms with Gasteiger partial charge in [-0.3, -0.25) is 9.89 Å². The number of hydrogen-bond acceptors (Lipinski definition) is 3. The number of anilines is 1. The Morgan fingerprint density at radius 3 is 2.60 bits per heavy atom. The van der Waals surface area contributed by atoms with Crippen molar-refractivity contribution < 1.29 is 4.79 Å². The highest BCUT2D eigenvalue weighted by Gasteiger charge is 2.15. The number of H-pyrrole nitrogens is 1. The molecule has 1 amide bonds. The first-order valence-electron chi connectivity index (χ1n) is 6.50. The molecule has 6 heteroatoms. The first-order valence-corrected chi connectivity index (χ1v) is 7.30. The van der Waals surface area contributed by atoms with E-state index in [0.717, 1.165) is 40.0 Å². The molecule has 0 spiro atoms. The number of nitrogens with zero attached hydrogens (tertiary/aromatic N) is 2. The molecule has 0 bridgehead atoms. The molecule has 0 aliphatic heterocycles. The Morgan fingerprint density at radius 1 is 1.35 bits per heavy atom. The van der Waals surface area contributed by atoms with Crippen molar-refractivity contribution in [3.8, 4) is 0 Å². The summed E-state index contributed by atoms with van der Waals surface area (Å²) in [6.45, 7) is 5.96. The van der Waals surface area contributed by atoms with Crippen LogP contribution in [0.2, 0.25) is 0 Å². The smallest absolute Gasteiger partial charge is 0.295 e. The highest BCUT2D eigenvalue weighted by molar-refractivity contribution is 9.10. The maximum Gasteiger partial charge on any atom is 0.295 e. The minimum Gasteiger partial charge on any atom is -0.319 e. The Kier molecular flexibility index (Phi) is 4.54. The van der Waals surface area contributed by atoms with Crippen molar-refractivity contribution in [1.82, 2.24) is 15.2 Å². The number of halogens is 1. The molecule has 1 heterocycles. The van der Waals surface area contributed by atoms with Gasteiger partial charge in [0.25, 0.3) is 5.91 Å². The summed E-state index contributed by atoms with van der Waals surface area (Å²) in [4.78, 5) is 16.3. The molecule has 2 N–H and O–H groups in total. The molecule has 5 nitrogen and oxygen atoms in total. The van der Waals surface area contributed by atoms with Gasteiger partial charge in [-0.2, -0.15) is 0 Å². The molecule has 1 aromatic carbocycles. The number of benzene rings is 1. The van der Waals surface area contributed by atoms with Crippen molar-refractivity contribution >= 4 is 27.5 Å². The number of amides is 1. The third-order valence-electron chi connectivity index (χ3n) is 2.96. The second-order valence-corrected chi connectivity index (χ2v) is 5.64. The van der Waals surface area contributed by atoms with E-state index in [4.69, 9.17) is 0 Å². The summed E-state index contributed by atoms with van der Waals surface area (Å²) in [6.07, 6.45) is 1.75. The number of aromatic nitrogens is 3. The van der Waals surface area contributed by atoms with Gasteiger partial charge in [0.05, 0.1) is 0 Å². The zero-order valence-electron chi connectivity index (χ0n) is 11.7. The van der Waals surface area contributed by atoms with E-state index in [1.165, 1.54) is 0 Å². The van der Waals surface area contributed by atoms with Crippen LogP contribution >= 0.6 is 15.9 Å². The molecule has 0 fully saturated rings. The Hall–Kier alpha value is -1.69. The summed E-state index contributed by atoms with van der Waals surface area (Å²) in [5.41, 5.74) is 2.80. The summed E-state index contributed by atoms with van der Waals surface area (Å²) < 4.78 is 0.994. The molecule has 0 saturated heterocycles. The first-order chi connectivity index (χ1) is 9.51. The number of rotatable bonds is 4. The molecule has 0 atom stereocenters. The average Bonchev–Trinajstić information content (AvgIpc) is 2.82. The molecular weight excluding hydrogens is 320 g/mol. The Bertz CT molecular complexity index is 613. The van der Waals surface area contributed by atoms with Crippen molar-refractivity contribution in [3.63, 3.8) is 0 Å². The predicted octanol–water partition coefficient (Wildman–Crippen LogP) is 3.39. The summed E-state index contributed by atoms with van der Waals surface area (Å²) in [5.74, 6) is 0.620. The lowest BCUT2D eigenvalue weighted by atomic mass is 10.1. The third-order valence-corrected chi connectivity index (χ3v) is 3.42. The zero-order valence-corrected chi connectivity index (χ0v) is 13.3. The van der Waals surface area contributed by atoms with Crippen LogP contribution in [0, 0.1) is 13.8 Å². The summed E-state index contributed by atoms with van der Waals surface area (Å²) >= 11 is 3.44. The minimum absolute atomic E-state index is 0.176. The van der Waals surface area contributed by atoms with Crippen molar-refractivity contribution in [1.29, 1.82) is 0 Å². The van der Waals surface area contributed by atoms with Crippen LogP contribution in [-0.4, -0.2) is 21.1 Å². The molecule has 0 aliphatic carbocycles. The maximum absolute atomic E-state index is 12.2. The van der Waals surface area contributed by atoms with Gasteiger partial charge in [0.15, 0.2) is 0 Å². The van der Waals surface area contributed by atoms with E-state index in [1.807, 2.05) is 26.0 Å². The van der Waals surface area contributed by atoms with Crippen LogP contribution in [-0.2, 0) is 6.42 Å². The molecule has 1 aromatic heterocycles. The van der Waals surface area contributed by atoms with Gasteiger partial charge in [-0.1, -0.05) is 22.9 Å². The van der Waals surface area contributed by atoms with Crippen molar-refractivity contribution in [2.75, 3.05) is 5.32 Å². The van der Waals surface area contributed by atoms with E-state index in [-0.39, 0.29) is 11.7 Å². The monoisotopic (exact) mass is 336 g/mol. The fraction of sp³-hybridized carbons (Fsp3) is 0.357. The van der Waals surface area contributed by atoms with Gasteiger partial charge in [-0.05, 0) is 43.5 Å². The van der Waals surface area contributed by atoms with Gasteiger partial charge < -0.3 is 5.32 Å². The summed E-state index contributed by atoms with van der Waals surface area (Å²) in [6, 6.07) is 3.92. The van der Waals surface area contributed by atoms with Crippen LogP contribution in [0.15, 0.2) is 16.6 Å². The molecule has 2 aromatic rings. The zero-order chi connectivity index (χ0) is 14.7. The van der Waals surface area contributed by atoms with E-state index >= 15 is 0 Å². The number of aromatic amines is 1. The highest BCUT2D eigenvalue weighted by Crippen LogP contribution is 2.25. The van der Waals surface area contributed by atoms with Crippen molar-refractivity contribution in [3.05, 3.63) is 39.4 Å². The lowest BCUT2D eigenvalue weighted by Gasteiger charge is -2.10. The Morgan fingerprint density at radius 2 is 2.00 bits per heavy atom. The molecule has 0 radical (unpaired) electrons. The molecule has 0 unspecified atom stereocenters. The summed E-state index contributed by atoms with van der Waals surface area (Å²) in [7, 11) is 0. The second kappa shape index (κ2) is 6.17. The van der Waals surface area contributed by atoms with Gasteiger partial charge in [-0.15, -0.1) is 5.10 Å². The van der Waals surface area contributed by atoms with Crippen molar-refractivity contribution in [2.24, 2.45) is 0 Å². The van der Waals surface area contributed by atoms with Gasteiger partial charge in [0, 0.05) is 16.6 Å². The van der Waals surface area contributed by atoms with E-state index in [0.29, 0.717) is 0 Å². The Labute approximate surface area is 126 Å². The quantitative estimate of drug-likeness (QED) is 0.898. The first kappa shape index (κ1) is 14.7. The topological polar surface area (TPSA) is 70.7 Å². The predicted molar refractivity (Wildman–Crippen MR) is 81.9 cm³/mol. The van der Waals surface area contributed by atoms with E-state index < -0.39 is 0 Å². The number of hydrogen-bond donors (Lipinski definition) is 2. The highest BCUT2D eigenvalue weighted by atomic mass is 79.9. The SMILES string of the molecule is CCCc1nc(C(=O)Nc2c(C)cc(Br)cc2C)n[nH]1. The van der Waals surface area contributed by atoms with Crippen LogP contribution in [0.1, 0.15) is 40.9 Å². The molecule has 0 aliphatic rings. The molecule has 106 valence electrons. The number of carbonyl (C=O) groups excluding carboxylic acids is 1. The lowest BCUT2D eigenvalue weighted by Crippen LogP contribution is -2.15. The van der Waals surface area contributed by atoms with Crippen LogP contribution in [0.3, 0.4) is 0 Å². The van der Waals surface area contributed by atoms with Gasteiger partial charge in [0.2, 0.25) is 5.82 Å². The largest absolute Gasteiger partial charge is 0.319 e. The molecule has 2 rings (SSSR count). The minimum atomic E-state index is -0.294. The van der Waals surface area contributed by atoms with E-state index in [9.17, 15) is 4.79 Å². The van der Waals surface area contributed by atoms with Crippen molar-refractivity contribution in [2.45, 2.75) is 33.6 Å². The maximum atomic E-state index is 12.2. The molecular formula is C14H17BrN4O. The van der Waals surface area contributed by atoms with Gasteiger partial charge >= 0.3 is 0 Å². The molecule has 0 saturated carbocycles. The van der Waals surface area contributed by atoms with Crippen LogP contribution in [0.4, 0.5) is 5.69 Å². The van der Waals surface area contributed by atoms with Gasteiger partial charge in [-0.25, -0.2) is 4.98 Å². The number of nitrogens with one attached hydrogen (secondary N) is 2. The normalized spacial score (nSPS) is 10.6. The fourth-order valence-corrected chi connectivity index (χ4v) is 2.71. The fourth-order valence-electron chi connectivity index (χ4n) is 2.02. The van der Waals surface area contributed by atoms with Crippen LogP contribution in [0.5, 0.6) is 0 Å². The second-order valence-electron chi connectivity index (χ2n) is 4.72. The van der Waals surface area contributed by atoms with E-state index in [2.05, 4.69) is 43.4 Å².